The molecular formula is C22H19N3O2. The number of carbonyl (C=O) groups excluding carboxylic acids is 1. The summed E-state index contributed by atoms with van der Waals surface area (Å²) in [5.41, 5.74) is 5.13. The number of fused-ring (bicyclic) bond motifs is 1. The molecule has 0 bridgehead atoms. The largest absolute Gasteiger partial charge is 0.497 e. The van der Waals surface area contributed by atoms with Crippen LogP contribution in [-0.4, -0.2) is 22.6 Å². The number of nitrogens with zero attached hydrogens (tertiary/aromatic N) is 2. The highest BCUT2D eigenvalue weighted by molar-refractivity contribution is 6.09. The minimum Gasteiger partial charge on any atom is -0.497 e. The topological polar surface area (TPSA) is 55.6 Å². The van der Waals surface area contributed by atoms with Crippen molar-refractivity contribution in [1.82, 2.24) is 9.61 Å². The van der Waals surface area contributed by atoms with Crippen molar-refractivity contribution in [2.75, 3.05) is 12.4 Å². The van der Waals surface area contributed by atoms with Crippen molar-refractivity contribution in [1.29, 1.82) is 0 Å². The second kappa shape index (κ2) is 6.96. The second-order valence-electron chi connectivity index (χ2n) is 6.31. The summed E-state index contributed by atoms with van der Waals surface area (Å²) < 4.78 is 7.01. The number of amides is 1. The normalized spacial score (nSPS) is 10.7. The molecule has 0 atom stereocenters. The predicted molar refractivity (Wildman–Crippen MR) is 106 cm³/mol. The van der Waals surface area contributed by atoms with Gasteiger partial charge < -0.3 is 10.1 Å². The molecule has 1 amide bonds. The molecular weight excluding hydrogens is 338 g/mol. The van der Waals surface area contributed by atoms with Gasteiger partial charge in [0, 0.05) is 17.4 Å². The highest BCUT2D eigenvalue weighted by Gasteiger charge is 2.14. The summed E-state index contributed by atoms with van der Waals surface area (Å²) in [6.07, 6.45) is 3.51. The van der Waals surface area contributed by atoms with Crippen LogP contribution in [0.25, 0.3) is 16.6 Å². The molecule has 2 heterocycles. The maximum atomic E-state index is 12.7. The number of pyridine rings is 1. The second-order valence-corrected chi connectivity index (χ2v) is 6.31. The lowest BCUT2D eigenvalue weighted by Gasteiger charge is -2.08. The number of nitrogens with one attached hydrogen (secondary N) is 1. The third kappa shape index (κ3) is 3.27. The first-order valence-corrected chi connectivity index (χ1v) is 8.64. The number of ether oxygens (including phenoxy) is 1. The van der Waals surface area contributed by atoms with Crippen molar-refractivity contribution in [3.05, 3.63) is 84.2 Å². The Morgan fingerprint density at radius 1 is 1.04 bits per heavy atom. The Bertz CT molecular complexity index is 1130. The van der Waals surface area contributed by atoms with Crippen LogP contribution in [0.1, 0.15) is 15.9 Å². The number of anilines is 1. The molecule has 0 unspecified atom stereocenters. The zero-order valence-electron chi connectivity index (χ0n) is 15.1. The van der Waals surface area contributed by atoms with Crippen LogP contribution in [0.2, 0.25) is 0 Å². The number of para-hydroxylation sites is 1. The number of carbonyl (C=O) groups is 1. The number of hydrogen-bond donors (Lipinski definition) is 1. The van der Waals surface area contributed by atoms with E-state index in [1.807, 2.05) is 73.8 Å². The van der Waals surface area contributed by atoms with E-state index < -0.39 is 0 Å². The Hall–Kier alpha value is -3.60. The molecule has 0 aliphatic rings. The van der Waals surface area contributed by atoms with Crippen LogP contribution in [0.3, 0.4) is 0 Å². The lowest BCUT2D eigenvalue weighted by atomic mass is 10.1. The fourth-order valence-electron chi connectivity index (χ4n) is 3.04. The van der Waals surface area contributed by atoms with Gasteiger partial charge >= 0.3 is 0 Å². The van der Waals surface area contributed by atoms with Crippen molar-refractivity contribution in [2.45, 2.75) is 6.92 Å². The summed E-state index contributed by atoms with van der Waals surface area (Å²) in [6, 6.07) is 19.4. The summed E-state index contributed by atoms with van der Waals surface area (Å²) in [5, 5.41) is 7.31. The van der Waals surface area contributed by atoms with Gasteiger partial charge in [-0.3, -0.25) is 4.79 Å². The van der Waals surface area contributed by atoms with Gasteiger partial charge in [-0.25, -0.2) is 4.52 Å². The van der Waals surface area contributed by atoms with Gasteiger partial charge in [0.15, 0.2) is 0 Å². The number of hydrogen-bond acceptors (Lipinski definition) is 3. The van der Waals surface area contributed by atoms with Crippen molar-refractivity contribution in [3.63, 3.8) is 0 Å². The summed E-state index contributed by atoms with van der Waals surface area (Å²) in [5.74, 6) is 0.625. The van der Waals surface area contributed by atoms with E-state index in [-0.39, 0.29) is 5.91 Å². The molecule has 4 aromatic rings. The number of methoxy groups -OCH3 is 1. The molecule has 0 spiro atoms. The Kier molecular flexibility index (Phi) is 4.34. The van der Waals surface area contributed by atoms with E-state index in [2.05, 4.69) is 10.4 Å². The van der Waals surface area contributed by atoms with Crippen molar-refractivity contribution >= 4 is 17.1 Å². The highest BCUT2D eigenvalue weighted by Crippen LogP contribution is 2.25. The summed E-state index contributed by atoms with van der Waals surface area (Å²) in [4.78, 5) is 12.7. The molecule has 0 radical (unpaired) electrons. The first-order chi connectivity index (χ1) is 13.2. The molecule has 2 aromatic heterocycles. The molecule has 1 N–H and O–H groups in total. The van der Waals surface area contributed by atoms with Gasteiger partial charge in [-0.2, -0.15) is 5.10 Å². The van der Waals surface area contributed by atoms with Gasteiger partial charge in [-0.15, -0.1) is 0 Å². The van der Waals surface area contributed by atoms with E-state index in [0.29, 0.717) is 5.56 Å². The molecule has 0 aliphatic heterocycles. The summed E-state index contributed by atoms with van der Waals surface area (Å²) >= 11 is 0. The number of rotatable bonds is 4. The Morgan fingerprint density at radius 3 is 2.70 bits per heavy atom. The molecule has 2 aromatic carbocycles. The van der Waals surface area contributed by atoms with E-state index in [4.69, 9.17) is 4.74 Å². The lowest BCUT2D eigenvalue weighted by molar-refractivity contribution is 0.102. The predicted octanol–water partition coefficient (Wildman–Crippen LogP) is 4.57. The molecule has 27 heavy (non-hydrogen) atoms. The fourth-order valence-corrected chi connectivity index (χ4v) is 3.04. The average molecular weight is 357 g/mol. The summed E-state index contributed by atoms with van der Waals surface area (Å²) in [7, 11) is 1.65. The molecule has 5 heteroatoms. The lowest BCUT2D eigenvalue weighted by Crippen LogP contribution is -2.12. The number of benzene rings is 2. The Labute approximate surface area is 157 Å². The van der Waals surface area contributed by atoms with E-state index in [9.17, 15) is 4.79 Å². The monoisotopic (exact) mass is 357 g/mol. The third-order valence-electron chi connectivity index (χ3n) is 4.56. The molecule has 134 valence electrons. The van der Waals surface area contributed by atoms with Crippen LogP contribution >= 0.6 is 0 Å². The molecule has 4 rings (SSSR count). The van der Waals surface area contributed by atoms with Crippen LogP contribution in [0.4, 0.5) is 5.69 Å². The SMILES string of the molecule is COc1cccc(-c2ccc3c(C(=O)Nc4ccccc4C)cnn3c2)c1. The quantitative estimate of drug-likeness (QED) is 0.582. The van der Waals surface area contributed by atoms with Crippen LogP contribution < -0.4 is 10.1 Å². The van der Waals surface area contributed by atoms with E-state index in [0.717, 1.165) is 33.6 Å². The third-order valence-corrected chi connectivity index (χ3v) is 4.56. The average Bonchev–Trinajstić information content (AvgIpc) is 3.13. The Balaban J connectivity index is 1.66. The minimum absolute atomic E-state index is 0.173. The van der Waals surface area contributed by atoms with Gasteiger partial charge in [0.1, 0.15) is 5.75 Å². The molecule has 0 aliphatic carbocycles. The van der Waals surface area contributed by atoms with Crippen LogP contribution in [0.5, 0.6) is 5.75 Å². The van der Waals surface area contributed by atoms with Gasteiger partial charge in [0.25, 0.3) is 5.91 Å². The fraction of sp³-hybridized carbons (Fsp3) is 0.0909. The first kappa shape index (κ1) is 16.8. The molecule has 0 saturated carbocycles. The van der Waals surface area contributed by atoms with Gasteiger partial charge in [0.05, 0.1) is 24.4 Å². The van der Waals surface area contributed by atoms with E-state index >= 15 is 0 Å². The van der Waals surface area contributed by atoms with Gasteiger partial charge in [-0.05, 0) is 42.3 Å². The van der Waals surface area contributed by atoms with Crippen molar-refractivity contribution in [3.8, 4) is 16.9 Å². The van der Waals surface area contributed by atoms with Crippen LogP contribution in [0.15, 0.2) is 73.1 Å². The van der Waals surface area contributed by atoms with E-state index in [1.54, 1.807) is 17.8 Å². The smallest absolute Gasteiger partial charge is 0.259 e. The number of aromatic nitrogens is 2. The minimum atomic E-state index is -0.173. The first-order valence-electron chi connectivity index (χ1n) is 8.64. The van der Waals surface area contributed by atoms with E-state index in [1.165, 1.54) is 0 Å². The number of aryl methyl sites for hydroxylation is 1. The maximum absolute atomic E-state index is 12.7. The van der Waals surface area contributed by atoms with Gasteiger partial charge in [-0.1, -0.05) is 36.4 Å². The van der Waals surface area contributed by atoms with Crippen LogP contribution in [0, 0.1) is 6.92 Å². The standard InChI is InChI=1S/C22H19N3O2/c1-15-6-3-4-9-20(15)24-22(26)19-13-23-25-14-17(10-11-21(19)25)16-7-5-8-18(12-16)27-2/h3-14H,1-2H3,(H,24,26). The summed E-state index contributed by atoms with van der Waals surface area (Å²) in [6.45, 7) is 1.96. The highest BCUT2D eigenvalue weighted by atomic mass is 16.5. The Morgan fingerprint density at radius 2 is 1.89 bits per heavy atom. The van der Waals surface area contributed by atoms with Crippen molar-refractivity contribution < 1.29 is 9.53 Å². The van der Waals surface area contributed by atoms with Crippen LogP contribution in [-0.2, 0) is 0 Å². The van der Waals surface area contributed by atoms with Crippen molar-refractivity contribution in [2.24, 2.45) is 0 Å². The molecule has 0 fully saturated rings. The zero-order chi connectivity index (χ0) is 18.8. The van der Waals surface area contributed by atoms with Gasteiger partial charge in [0.2, 0.25) is 0 Å². The maximum Gasteiger partial charge on any atom is 0.259 e. The molecule has 5 nitrogen and oxygen atoms in total. The zero-order valence-corrected chi connectivity index (χ0v) is 15.1. The molecule has 0 saturated heterocycles.